The first-order chi connectivity index (χ1) is 11.6. The summed E-state index contributed by atoms with van der Waals surface area (Å²) < 4.78 is 29.6. The molecule has 130 valence electrons. The number of benzene rings is 2. The van der Waals surface area contributed by atoms with Crippen molar-refractivity contribution in [2.24, 2.45) is 5.73 Å². The van der Waals surface area contributed by atoms with Crippen LogP contribution in [0.15, 0.2) is 36.4 Å². The Morgan fingerprint density at radius 3 is 2.42 bits per heavy atom. The summed E-state index contributed by atoms with van der Waals surface area (Å²) in [6.45, 7) is 3.52. The zero-order valence-electron chi connectivity index (χ0n) is 13.6. The van der Waals surface area contributed by atoms with Crippen LogP contribution in [0.4, 0.5) is 4.39 Å². The van der Waals surface area contributed by atoms with E-state index in [-0.39, 0.29) is 12.4 Å². The summed E-state index contributed by atoms with van der Waals surface area (Å²) in [6.07, 6.45) is 0.716. The molecule has 0 saturated carbocycles. The lowest BCUT2D eigenvalue weighted by Gasteiger charge is -2.15. The Morgan fingerprint density at radius 1 is 1.04 bits per heavy atom. The molecule has 2 aromatic rings. The molecule has 0 aliphatic rings. The van der Waals surface area contributed by atoms with Gasteiger partial charge in [0.15, 0.2) is 11.5 Å². The van der Waals surface area contributed by atoms with E-state index in [0.717, 1.165) is 5.56 Å². The van der Waals surface area contributed by atoms with Crippen LogP contribution in [-0.2, 0) is 6.42 Å². The van der Waals surface area contributed by atoms with Crippen molar-refractivity contribution in [3.05, 3.63) is 52.8 Å². The van der Waals surface area contributed by atoms with Gasteiger partial charge in [-0.1, -0.05) is 11.6 Å². The van der Waals surface area contributed by atoms with Crippen molar-refractivity contribution in [3.8, 4) is 17.2 Å². The molecule has 0 bridgehead atoms. The largest absolute Gasteiger partial charge is 0.490 e. The third-order valence-electron chi connectivity index (χ3n) is 3.21. The molecular formula is C18H21ClFNO3. The Kier molecular flexibility index (Phi) is 7.15. The molecule has 4 nitrogen and oxygen atoms in total. The minimum absolute atomic E-state index is 0.285. The highest BCUT2D eigenvalue weighted by atomic mass is 35.5. The molecule has 0 aromatic heterocycles. The Hall–Kier alpha value is -1.98. The second-order valence-electron chi connectivity index (χ2n) is 5.03. The van der Waals surface area contributed by atoms with E-state index in [2.05, 4.69) is 0 Å². The Bertz CT molecular complexity index is 649. The standard InChI is InChI=1S/C18H21ClFNO3/c1-2-22-17-12-13(7-8-21)11-16(19)18(17)24-10-9-23-15-5-3-14(20)4-6-15/h3-6,11-12H,2,7-10,21H2,1H3. The van der Waals surface area contributed by atoms with Crippen LogP contribution in [0, 0.1) is 5.82 Å². The van der Waals surface area contributed by atoms with Gasteiger partial charge in [-0.2, -0.15) is 0 Å². The molecule has 0 saturated heterocycles. The lowest BCUT2D eigenvalue weighted by Crippen LogP contribution is -2.11. The fourth-order valence-electron chi connectivity index (χ4n) is 2.17. The summed E-state index contributed by atoms with van der Waals surface area (Å²) in [6, 6.07) is 9.53. The number of rotatable bonds is 9. The average molecular weight is 354 g/mol. The van der Waals surface area contributed by atoms with Crippen molar-refractivity contribution in [2.75, 3.05) is 26.4 Å². The smallest absolute Gasteiger partial charge is 0.179 e. The molecule has 0 aliphatic carbocycles. The maximum Gasteiger partial charge on any atom is 0.179 e. The van der Waals surface area contributed by atoms with Crippen molar-refractivity contribution in [1.29, 1.82) is 0 Å². The summed E-state index contributed by atoms with van der Waals surface area (Å²) in [4.78, 5) is 0. The highest BCUT2D eigenvalue weighted by Crippen LogP contribution is 2.36. The number of hydrogen-bond donors (Lipinski definition) is 1. The first kappa shape index (κ1) is 18.4. The molecule has 24 heavy (non-hydrogen) atoms. The summed E-state index contributed by atoms with van der Waals surface area (Å²) in [5.41, 5.74) is 6.58. The Morgan fingerprint density at radius 2 is 1.75 bits per heavy atom. The predicted molar refractivity (Wildman–Crippen MR) is 92.8 cm³/mol. The molecule has 0 atom stereocenters. The van der Waals surface area contributed by atoms with Gasteiger partial charge in [0.05, 0.1) is 11.6 Å². The van der Waals surface area contributed by atoms with Gasteiger partial charge in [-0.15, -0.1) is 0 Å². The maximum atomic E-state index is 12.8. The van der Waals surface area contributed by atoms with Crippen molar-refractivity contribution in [1.82, 2.24) is 0 Å². The van der Waals surface area contributed by atoms with E-state index in [4.69, 9.17) is 31.5 Å². The van der Waals surface area contributed by atoms with Crippen LogP contribution in [0.5, 0.6) is 17.2 Å². The molecule has 0 unspecified atom stereocenters. The van der Waals surface area contributed by atoms with Gasteiger partial charge in [-0.05, 0) is 61.9 Å². The van der Waals surface area contributed by atoms with Crippen LogP contribution >= 0.6 is 11.6 Å². The fraction of sp³-hybridized carbons (Fsp3) is 0.333. The van der Waals surface area contributed by atoms with Crippen molar-refractivity contribution < 1.29 is 18.6 Å². The molecule has 0 heterocycles. The van der Waals surface area contributed by atoms with E-state index in [1.54, 1.807) is 12.1 Å². The molecule has 2 rings (SSSR count). The summed E-state index contributed by atoms with van der Waals surface area (Å²) in [7, 11) is 0. The minimum atomic E-state index is -0.302. The quantitative estimate of drug-likeness (QED) is 0.696. The van der Waals surface area contributed by atoms with E-state index in [9.17, 15) is 4.39 Å². The number of ether oxygens (including phenoxy) is 3. The number of hydrogen-bond acceptors (Lipinski definition) is 4. The molecule has 0 amide bonds. The predicted octanol–water partition coefficient (Wildman–Crippen LogP) is 3.84. The van der Waals surface area contributed by atoms with E-state index in [1.807, 2.05) is 19.1 Å². The molecule has 0 spiro atoms. The highest BCUT2D eigenvalue weighted by molar-refractivity contribution is 6.32. The first-order valence-electron chi connectivity index (χ1n) is 7.80. The van der Waals surface area contributed by atoms with Crippen LogP contribution in [0.3, 0.4) is 0 Å². The summed E-state index contributed by atoms with van der Waals surface area (Å²) >= 11 is 6.29. The van der Waals surface area contributed by atoms with Crippen LogP contribution in [0.1, 0.15) is 12.5 Å². The molecule has 2 N–H and O–H groups in total. The van der Waals surface area contributed by atoms with E-state index >= 15 is 0 Å². The van der Waals surface area contributed by atoms with Crippen LogP contribution in [0.2, 0.25) is 5.02 Å². The third-order valence-corrected chi connectivity index (χ3v) is 3.50. The van der Waals surface area contributed by atoms with E-state index < -0.39 is 0 Å². The van der Waals surface area contributed by atoms with Gasteiger partial charge in [0.25, 0.3) is 0 Å². The van der Waals surface area contributed by atoms with Gasteiger partial charge in [0, 0.05) is 0 Å². The van der Waals surface area contributed by atoms with Crippen LogP contribution < -0.4 is 19.9 Å². The topological polar surface area (TPSA) is 53.7 Å². The van der Waals surface area contributed by atoms with Gasteiger partial charge >= 0.3 is 0 Å². The van der Waals surface area contributed by atoms with Crippen molar-refractivity contribution >= 4 is 11.6 Å². The second-order valence-corrected chi connectivity index (χ2v) is 5.43. The highest BCUT2D eigenvalue weighted by Gasteiger charge is 2.12. The van der Waals surface area contributed by atoms with Crippen molar-refractivity contribution in [2.45, 2.75) is 13.3 Å². The lowest BCUT2D eigenvalue weighted by molar-refractivity contribution is 0.208. The molecule has 2 aromatic carbocycles. The Labute approximate surface area is 146 Å². The normalized spacial score (nSPS) is 10.5. The molecule has 0 aliphatic heterocycles. The molecule has 0 fully saturated rings. The van der Waals surface area contributed by atoms with Crippen LogP contribution in [-0.4, -0.2) is 26.4 Å². The van der Waals surface area contributed by atoms with Gasteiger partial charge in [0.2, 0.25) is 0 Å². The maximum absolute atomic E-state index is 12.8. The zero-order chi connectivity index (χ0) is 17.4. The SMILES string of the molecule is CCOc1cc(CCN)cc(Cl)c1OCCOc1ccc(F)cc1. The molecule has 0 radical (unpaired) electrons. The number of halogens is 2. The van der Waals surface area contributed by atoms with Gasteiger partial charge in [0.1, 0.15) is 24.8 Å². The van der Waals surface area contributed by atoms with Gasteiger partial charge < -0.3 is 19.9 Å². The van der Waals surface area contributed by atoms with Gasteiger partial charge in [-0.25, -0.2) is 4.39 Å². The minimum Gasteiger partial charge on any atom is -0.490 e. The zero-order valence-corrected chi connectivity index (χ0v) is 14.3. The van der Waals surface area contributed by atoms with Crippen LogP contribution in [0.25, 0.3) is 0 Å². The fourth-order valence-corrected chi connectivity index (χ4v) is 2.46. The van der Waals surface area contributed by atoms with E-state index in [1.165, 1.54) is 12.1 Å². The van der Waals surface area contributed by atoms with Crippen molar-refractivity contribution in [3.63, 3.8) is 0 Å². The number of nitrogens with two attached hydrogens (primary N) is 1. The third kappa shape index (κ3) is 5.28. The Balaban J connectivity index is 1.96. The van der Waals surface area contributed by atoms with Gasteiger partial charge in [-0.3, -0.25) is 0 Å². The summed E-state index contributed by atoms with van der Waals surface area (Å²) in [5.74, 6) is 1.36. The lowest BCUT2D eigenvalue weighted by atomic mass is 10.1. The first-order valence-corrected chi connectivity index (χ1v) is 8.18. The molecule has 6 heteroatoms. The van der Waals surface area contributed by atoms with E-state index in [0.29, 0.717) is 48.5 Å². The summed E-state index contributed by atoms with van der Waals surface area (Å²) in [5, 5.41) is 0.478. The monoisotopic (exact) mass is 353 g/mol. The molecular weight excluding hydrogens is 333 g/mol. The average Bonchev–Trinajstić information content (AvgIpc) is 2.55. The second kappa shape index (κ2) is 9.35.